The van der Waals surface area contributed by atoms with Crippen LogP contribution in [0, 0.1) is 23.7 Å². The number of nitrogens with zero attached hydrogens (tertiary/aromatic N) is 1. The second-order valence-electron chi connectivity index (χ2n) is 8.22. The zero-order valence-corrected chi connectivity index (χ0v) is 16.8. The SMILES string of the molecule is COc1cccc(NC(=O)c2cccc(N3C(=O)[C@H]4[C@H](C3=O)[C@@H]3C[C@H]4C=C3C)c2)c1. The number of hydrogen-bond acceptors (Lipinski definition) is 4. The van der Waals surface area contributed by atoms with Crippen LogP contribution in [0.5, 0.6) is 5.75 Å². The third-order valence-electron chi connectivity index (χ3n) is 6.57. The fourth-order valence-corrected chi connectivity index (χ4v) is 5.22. The van der Waals surface area contributed by atoms with Gasteiger partial charge in [0.15, 0.2) is 0 Å². The van der Waals surface area contributed by atoms with Crippen molar-refractivity contribution in [3.8, 4) is 5.75 Å². The highest BCUT2D eigenvalue weighted by Crippen LogP contribution is 2.55. The number of amides is 3. The summed E-state index contributed by atoms with van der Waals surface area (Å²) in [6, 6.07) is 13.8. The van der Waals surface area contributed by atoms with Gasteiger partial charge in [-0.2, -0.15) is 0 Å². The molecule has 1 saturated heterocycles. The summed E-state index contributed by atoms with van der Waals surface area (Å²) in [5.41, 5.74) is 2.65. The highest BCUT2D eigenvalue weighted by atomic mass is 16.5. The van der Waals surface area contributed by atoms with Crippen LogP contribution >= 0.6 is 0 Å². The van der Waals surface area contributed by atoms with E-state index in [0.717, 1.165) is 6.42 Å². The maximum absolute atomic E-state index is 13.1. The van der Waals surface area contributed by atoms with Gasteiger partial charge in [0, 0.05) is 17.3 Å². The molecular formula is C24H22N2O4. The largest absolute Gasteiger partial charge is 0.497 e. The maximum Gasteiger partial charge on any atom is 0.255 e. The molecule has 3 amide bonds. The maximum atomic E-state index is 13.1. The van der Waals surface area contributed by atoms with E-state index in [1.165, 1.54) is 10.5 Å². The molecule has 6 nitrogen and oxygen atoms in total. The zero-order valence-electron chi connectivity index (χ0n) is 16.8. The third kappa shape index (κ3) is 2.75. The van der Waals surface area contributed by atoms with E-state index in [9.17, 15) is 14.4 Å². The predicted octanol–water partition coefficient (Wildman–Crippen LogP) is 3.65. The number of benzene rings is 2. The lowest BCUT2D eigenvalue weighted by Gasteiger charge is -2.19. The van der Waals surface area contributed by atoms with Crippen molar-refractivity contribution in [2.45, 2.75) is 13.3 Å². The number of nitrogens with one attached hydrogen (secondary N) is 1. The van der Waals surface area contributed by atoms with E-state index in [1.807, 2.05) is 6.92 Å². The van der Waals surface area contributed by atoms with Gasteiger partial charge in [0.05, 0.1) is 24.6 Å². The summed E-state index contributed by atoms with van der Waals surface area (Å²) in [7, 11) is 1.56. The summed E-state index contributed by atoms with van der Waals surface area (Å²) in [6.07, 6.45) is 3.05. The number of imide groups is 1. The number of rotatable bonds is 4. The number of carbonyl (C=O) groups is 3. The second-order valence-corrected chi connectivity index (χ2v) is 8.22. The van der Waals surface area contributed by atoms with Gasteiger partial charge in [-0.1, -0.05) is 23.8 Å². The Bertz CT molecular complexity index is 1110. The van der Waals surface area contributed by atoms with E-state index in [2.05, 4.69) is 11.4 Å². The van der Waals surface area contributed by atoms with Crippen molar-refractivity contribution < 1.29 is 19.1 Å². The molecule has 3 aliphatic rings. The van der Waals surface area contributed by atoms with Gasteiger partial charge in [0.1, 0.15) is 5.75 Å². The lowest BCUT2D eigenvalue weighted by atomic mass is 9.82. The van der Waals surface area contributed by atoms with Crippen LogP contribution in [-0.4, -0.2) is 24.8 Å². The van der Waals surface area contributed by atoms with Gasteiger partial charge < -0.3 is 10.1 Å². The van der Waals surface area contributed by atoms with Crippen LogP contribution < -0.4 is 15.0 Å². The molecule has 2 aliphatic carbocycles. The van der Waals surface area contributed by atoms with Gasteiger partial charge in [0.2, 0.25) is 11.8 Å². The van der Waals surface area contributed by atoms with E-state index in [-0.39, 0.29) is 41.4 Å². The Kier molecular flexibility index (Phi) is 4.24. The first-order valence-corrected chi connectivity index (χ1v) is 10.1. The average Bonchev–Trinajstić information content (AvgIpc) is 3.38. The monoisotopic (exact) mass is 402 g/mol. The van der Waals surface area contributed by atoms with E-state index in [0.29, 0.717) is 22.7 Å². The molecule has 0 spiro atoms. The number of fused-ring (bicyclic) bond motifs is 5. The van der Waals surface area contributed by atoms with E-state index in [4.69, 9.17) is 4.74 Å². The molecule has 152 valence electrons. The molecule has 2 aromatic rings. The summed E-state index contributed by atoms with van der Waals surface area (Å²) >= 11 is 0. The summed E-state index contributed by atoms with van der Waals surface area (Å²) in [4.78, 5) is 40.3. The first-order valence-electron chi connectivity index (χ1n) is 10.1. The quantitative estimate of drug-likeness (QED) is 0.626. The van der Waals surface area contributed by atoms with Crippen molar-refractivity contribution in [1.82, 2.24) is 0 Å². The number of ether oxygens (including phenoxy) is 1. The van der Waals surface area contributed by atoms with Crippen LogP contribution in [0.15, 0.2) is 60.2 Å². The van der Waals surface area contributed by atoms with Crippen molar-refractivity contribution in [3.05, 3.63) is 65.7 Å². The van der Waals surface area contributed by atoms with Crippen LogP contribution in [0.25, 0.3) is 0 Å². The predicted molar refractivity (Wildman–Crippen MR) is 112 cm³/mol. The lowest BCUT2D eigenvalue weighted by molar-refractivity contribution is -0.123. The first kappa shape index (κ1) is 18.6. The van der Waals surface area contributed by atoms with E-state index in [1.54, 1.807) is 55.6 Å². The molecule has 2 bridgehead atoms. The van der Waals surface area contributed by atoms with Crippen LogP contribution in [0.1, 0.15) is 23.7 Å². The number of hydrogen-bond donors (Lipinski definition) is 1. The Balaban J connectivity index is 1.40. The Morgan fingerprint density at radius 2 is 1.83 bits per heavy atom. The van der Waals surface area contributed by atoms with Crippen molar-refractivity contribution in [2.24, 2.45) is 23.7 Å². The minimum Gasteiger partial charge on any atom is -0.497 e. The Morgan fingerprint density at radius 3 is 2.63 bits per heavy atom. The molecule has 2 fully saturated rings. The normalized spacial score (nSPS) is 26.6. The number of anilines is 2. The van der Waals surface area contributed by atoms with Crippen molar-refractivity contribution in [1.29, 1.82) is 0 Å². The minimum atomic E-state index is -0.318. The van der Waals surface area contributed by atoms with Crippen LogP contribution in [0.4, 0.5) is 11.4 Å². The summed E-state index contributed by atoms with van der Waals surface area (Å²) in [5.74, 6) is -0.173. The van der Waals surface area contributed by atoms with Crippen molar-refractivity contribution in [2.75, 3.05) is 17.3 Å². The summed E-state index contributed by atoms with van der Waals surface area (Å²) in [6.45, 7) is 2.05. The van der Waals surface area contributed by atoms with Gasteiger partial charge in [0.25, 0.3) is 5.91 Å². The Morgan fingerprint density at radius 1 is 1.07 bits per heavy atom. The molecule has 30 heavy (non-hydrogen) atoms. The third-order valence-corrected chi connectivity index (χ3v) is 6.57. The molecule has 4 atom stereocenters. The van der Waals surface area contributed by atoms with Crippen molar-refractivity contribution in [3.63, 3.8) is 0 Å². The van der Waals surface area contributed by atoms with Gasteiger partial charge in [-0.25, -0.2) is 4.90 Å². The summed E-state index contributed by atoms with van der Waals surface area (Å²) in [5, 5.41) is 2.83. The Labute approximate surface area is 174 Å². The molecule has 2 aromatic carbocycles. The second kappa shape index (κ2) is 6.83. The molecule has 1 aliphatic heterocycles. The van der Waals surface area contributed by atoms with Crippen LogP contribution in [0.3, 0.4) is 0 Å². The van der Waals surface area contributed by atoms with Gasteiger partial charge in [-0.3, -0.25) is 14.4 Å². The van der Waals surface area contributed by atoms with Gasteiger partial charge >= 0.3 is 0 Å². The molecule has 1 heterocycles. The molecular weight excluding hydrogens is 380 g/mol. The fourth-order valence-electron chi connectivity index (χ4n) is 5.22. The molecule has 1 saturated carbocycles. The molecule has 1 N–H and O–H groups in total. The van der Waals surface area contributed by atoms with E-state index < -0.39 is 0 Å². The van der Waals surface area contributed by atoms with Gasteiger partial charge in [-0.05, 0) is 55.5 Å². The van der Waals surface area contributed by atoms with Crippen molar-refractivity contribution >= 4 is 29.1 Å². The summed E-state index contributed by atoms with van der Waals surface area (Å²) < 4.78 is 5.18. The highest BCUT2D eigenvalue weighted by Gasteiger charge is 2.60. The molecule has 0 unspecified atom stereocenters. The standard InChI is InChI=1S/C24H22N2O4/c1-13-9-15-11-19(13)21-20(15)23(28)26(24(21)29)17-7-3-5-14(10-17)22(27)25-16-6-4-8-18(12-16)30-2/h3-10,12,15,19-21H,11H2,1-2H3,(H,25,27)/t15-,19-,20-,21-/m1/s1. The minimum absolute atomic E-state index is 0.143. The topological polar surface area (TPSA) is 75.7 Å². The van der Waals surface area contributed by atoms with Gasteiger partial charge in [-0.15, -0.1) is 0 Å². The smallest absolute Gasteiger partial charge is 0.255 e. The number of methoxy groups -OCH3 is 1. The first-order chi connectivity index (χ1) is 14.5. The number of allylic oxidation sites excluding steroid dienone is 2. The highest BCUT2D eigenvalue weighted by molar-refractivity contribution is 6.23. The lowest BCUT2D eigenvalue weighted by Crippen LogP contribution is -2.33. The average molecular weight is 402 g/mol. The van der Waals surface area contributed by atoms with Crippen LogP contribution in [-0.2, 0) is 9.59 Å². The zero-order chi connectivity index (χ0) is 21.0. The fraction of sp³-hybridized carbons (Fsp3) is 0.292. The molecule has 0 aromatic heterocycles. The molecule has 6 heteroatoms. The molecule has 5 rings (SSSR count). The van der Waals surface area contributed by atoms with E-state index >= 15 is 0 Å². The Hall–Kier alpha value is -3.41. The van der Waals surface area contributed by atoms with Crippen LogP contribution in [0.2, 0.25) is 0 Å². The molecule has 0 radical (unpaired) electrons. The number of carbonyl (C=O) groups excluding carboxylic acids is 3.